The van der Waals surface area contributed by atoms with E-state index in [0.29, 0.717) is 0 Å². The van der Waals surface area contributed by atoms with Gasteiger partial charge in [-0.1, -0.05) is 60.7 Å². The molecule has 0 saturated heterocycles. The number of methoxy groups -OCH3 is 1. The van der Waals surface area contributed by atoms with Crippen molar-refractivity contribution in [3.05, 3.63) is 90.3 Å². The Balaban J connectivity index is 1.97. The van der Waals surface area contributed by atoms with Gasteiger partial charge in [-0.15, -0.1) is 0 Å². The minimum atomic E-state index is -0.600. The largest absolute Gasteiger partial charge is 0.362 e. The number of hydrogen-bond acceptors (Lipinski definition) is 3. The van der Waals surface area contributed by atoms with Crippen LogP contribution >= 0.6 is 11.8 Å². The van der Waals surface area contributed by atoms with Crippen LogP contribution in [-0.4, -0.2) is 12.1 Å². The number of nitrogens with zero attached hydrogens (tertiary/aromatic N) is 2. The van der Waals surface area contributed by atoms with E-state index in [4.69, 9.17) is 4.74 Å². The van der Waals surface area contributed by atoms with Crippen molar-refractivity contribution in [2.75, 3.05) is 7.11 Å². The number of aromatic nitrogens is 2. The number of thioether (sulfide) groups is 1. The van der Waals surface area contributed by atoms with Crippen LogP contribution in [0.3, 0.4) is 0 Å². The fraction of sp³-hybridized carbons (Fsp3) is 0.158. The Bertz CT molecular complexity index is 810. The van der Waals surface area contributed by atoms with Crippen LogP contribution in [0.25, 0.3) is 0 Å². The lowest BCUT2D eigenvalue weighted by Gasteiger charge is -2.31. The van der Waals surface area contributed by atoms with Gasteiger partial charge in [-0.3, -0.25) is 0 Å². The van der Waals surface area contributed by atoms with Gasteiger partial charge in [-0.2, -0.15) is 4.57 Å². The van der Waals surface area contributed by atoms with Gasteiger partial charge in [0.2, 0.25) is 0 Å². The van der Waals surface area contributed by atoms with E-state index in [1.165, 1.54) is 5.56 Å². The third-order valence-electron chi connectivity index (χ3n) is 4.25. The Hall–Kier alpha value is -2.17. The molecule has 1 aliphatic rings. The first kappa shape index (κ1) is 14.4. The van der Waals surface area contributed by atoms with E-state index in [1.807, 2.05) is 24.4 Å². The molecule has 1 aliphatic heterocycles. The van der Waals surface area contributed by atoms with Crippen LogP contribution in [0.2, 0.25) is 0 Å². The van der Waals surface area contributed by atoms with Gasteiger partial charge in [0.15, 0.2) is 0 Å². The Morgan fingerprint density at radius 1 is 1.00 bits per heavy atom. The highest BCUT2D eigenvalue weighted by Gasteiger charge is 2.56. The van der Waals surface area contributed by atoms with Crippen molar-refractivity contribution in [3.8, 4) is 0 Å². The van der Waals surface area contributed by atoms with Crippen LogP contribution in [0.4, 0.5) is 0 Å². The normalized spacial score (nSPS) is 22.7. The highest BCUT2D eigenvalue weighted by Crippen LogP contribution is 2.51. The Labute approximate surface area is 140 Å². The molecule has 0 fully saturated rings. The SMILES string of the molecule is COC1(c2ccccc2)C(c2ccccc2)Sc2nccc[n+]21. The molecule has 2 aromatic carbocycles. The van der Waals surface area contributed by atoms with Crippen LogP contribution in [0, 0.1) is 0 Å². The van der Waals surface area contributed by atoms with Crippen LogP contribution < -0.4 is 4.57 Å². The van der Waals surface area contributed by atoms with Gasteiger partial charge in [-0.25, -0.2) is 0 Å². The molecule has 4 rings (SSSR count). The van der Waals surface area contributed by atoms with E-state index in [9.17, 15) is 0 Å². The van der Waals surface area contributed by atoms with Gasteiger partial charge in [0.25, 0.3) is 5.72 Å². The molecule has 0 N–H and O–H groups in total. The zero-order valence-electron chi connectivity index (χ0n) is 12.8. The van der Waals surface area contributed by atoms with Gasteiger partial charge in [0.1, 0.15) is 11.4 Å². The molecule has 1 aromatic heterocycles. The second kappa shape index (κ2) is 5.80. The summed E-state index contributed by atoms with van der Waals surface area (Å²) in [5, 5.41) is 1.07. The zero-order valence-corrected chi connectivity index (χ0v) is 13.6. The first-order valence-corrected chi connectivity index (χ1v) is 8.43. The van der Waals surface area contributed by atoms with E-state index in [-0.39, 0.29) is 5.25 Å². The lowest BCUT2D eigenvalue weighted by atomic mass is 9.93. The van der Waals surface area contributed by atoms with Crippen molar-refractivity contribution in [2.45, 2.75) is 16.1 Å². The minimum absolute atomic E-state index is 0.103. The van der Waals surface area contributed by atoms with Crippen LogP contribution in [0.15, 0.2) is 84.3 Å². The monoisotopic (exact) mass is 321 g/mol. The molecule has 114 valence electrons. The average Bonchev–Trinajstić information content (AvgIpc) is 2.98. The number of hydrogen-bond donors (Lipinski definition) is 0. The Morgan fingerprint density at radius 3 is 2.39 bits per heavy atom. The van der Waals surface area contributed by atoms with Crippen molar-refractivity contribution >= 4 is 11.8 Å². The van der Waals surface area contributed by atoms with Crippen LogP contribution in [0.5, 0.6) is 0 Å². The van der Waals surface area contributed by atoms with Gasteiger partial charge >= 0.3 is 5.16 Å². The standard InChI is InChI=1S/C19H17N2OS/c1-22-19(16-11-6-3-7-12-16)17(15-9-4-2-5-10-15)23-18-20-13-8-14-21(18)19/h2-14,17H,1H3/q+1. The summed E-state index contributed by atoms with van der Waals surface area (Å²) in [4.78, 5) is 4.55. The number of benzene rings is 2. The van der Waals surface area contributed by atoms with Gasteiger partial charge < -0.3 is 4.74 Å². The first-order valence-electron chi connectivity index (χ1n) is 7.55. The molecule has 0 saturated carbocycles. The quantitative estimate of drug-likeness (QED) is 0.545. The molecule has 3 nitrogen and oxygen atoms in total. The molecule has 0 aliphatic carbocycles. The molecular formula is C19H17N2OS+. The van der Waals surface area contributed by atoms with Crippen LogP contribution in [-0.2, 0) is 10.5 Å². The molecule has 4 heteroatoms. The Kier molecular flexibility index (Phi) is 3.63. The van der Waals surface area contributed by atoms with Gasteiger partial charge in [0, 0.05) is 18.7 Å². The third kappa shape index (κ3) is 2.18. The molecular weight excluding hydrogens is 304 g/mol. The molecule has 0 radical (unpaired) electrons. The van der Waals surface area contributed by atoms with E-state index >= 15 is 0 Å². The Morgan fingerprint density at radius 2 is 1.70 bits per heavy atom. The first-order chi connectivity index (χ1) is 11.4. The summed E-state index contributed by atoms with van der Waals surface area (Å²) in [5.74, 6) is 0. The predicted molar refractivity (Wildman–Crippen MR) is 90.0 cm³/mol. The summed E-state index contributed by atoms with van der Waals surface area (Å²) in [6.45, 7) is 0. The number of ether oxygens (including phenoxy) is 1. The van der Waals surface area contributed by atoms with Gasteiger partial charge in [0.05, 0.1) is 6.20 Å². The summed E-state index contributed by atoms with van der Waals surface area (Å²) < 4.78 is 8.32. The lowest BCUT2D eigenvalue weighted by molar-refractivity contribution is -0.823. The second-order valence-electron chi connectivity index (χ2n) is 5.45. The number of rotatable bonds is 3. The summed E-state index contributed by atoms with van der Waals surface area (Å²) in [5.41, 5.74) is 1.76. The maximum Gasteiger partial charge on any atom is 0.362 e. The maximum absolute atomic E-state index is 6.18. The summed E-state index contributed by atoms with van der Waals surface area (Å²) in [6, 6.07) is 22.8. The van der Waals surface area contributed by atoms with E-state index in [1.54, 1.807) is 18.9 Å². The van der Waals surface area contributed by atoms with Crippen molar-refractivity contribution in [1.82, 2.24) is 4.98 Å². The van der Waals surface area contributed by atoms with E-state index < -0.39 is 5.72 Å². The average molecular weight is 321 g/mol. The smallest absolute Gasteiger partial charge is 0.335 e. The molecule has 0 bridgehead atoms. The van der Waals surface area contributed by atoms with Crippen molar-refractivity contribution < 1.29 is 9.30 Å². The van der Waals surface area contributed by atoms with Crippen molar-refractivity contribution in [1.29, 1.82) is 0 Å². The maximum atomic E-state index is 6.18. The number of fused-ring (bicyclic) bond motifs is 1. The van der Waals surface area contributed by atoms with Crippen molar-refractivity contribution in [2.24, 2.45) is 0 Å². The fourth-order valence-corrected chi connectivity index (χ4v) is 4.66. The highest BCUT2D eigenvalue weighted by atomic mass is 32.2. The zero-order chi connectivity index (χ0) is 15.7. The molecule has 0 amide bonds. The molecule has 2 heterocycles. The summed E-state index contributed by atoms with van der Waals surface area (Å²) in [7, 11) is 1.78. The van der Waals surface area contributed by atoms with Crippen molar-refractivity contribution in [3.63, 3.8) is 0 Å². The molecule has 2 atom stereocenters. The molecule has 3 aromatic rings. The van der Waals surface area contributed by atoms with E-state index in [0.717, 1.165) is 10.7 Å². The van der Waals surface area contributed by atoms with E-state index in [2.05, 4.69) is 64.3 Å². The predicted octanol–water partition coefficient (Wildman–Crippen LogP) is 3.56. The third-order valence-corrected chi connectivity index (χ3v) is 5.59. The summed E-state index contributed by atoms with van der Waals surface area (Å²) >= 11 is 1.74. The minimum Gasteiger partial charge on any atom is -0.335 e. The van der Waals surface area contributed by atoms with Gasteiger partial charge in [-0.05, 0) is 22.3 Å². The molecule has 0 spiro atoms. The second-order valence-corrected chi connectivity index (χ2v) is 6.52. The highest BCUT2D eigenvalue weighted by molar-refractivity contribution is 7.99. The molecule has 2 unspecified atom stereocenters. The topological polar surface area (TPSA) is 26.0 Å². The van der Waals surface area contributed by atoms with Crippen LogP contribution in [0.1, 0.15) is 16.4 Å². The summed E-state index contributed by atoms with van der Waals surface area (Å²) in [6.07, 6.45) is 3.88. The molecule has 23 heavy (non-hydrogen) atoms. The fourth-order valence-electron chi connectivity index (χ4n) is 3.22. The lowest BCUT2D eigenvalue weighted by Crippen LogP contribution is -2.58.